The van der Waals surface area contributed by atoms with Crippen LogP contribution in [0.2, 0.25) is 0 Å². The van der Waals surface area contributed by atoms with Gasteiger partial charge in [0.15, 0.2) is 6.29 Å². The molecule has 0 aromatic heterocycles. The molecule has 0 aliphatic heterocycles. The van der Waals surface area contributed by atoms with Crippen LogP contribution in [-0.4, -0.2) is 83.1 Å². The largest absolute Gasteiger partial charge is 0.511 e. The summed E-state index contributed by atoms with van der Waals surface area (Å²) in [6.45, 7) is -0.760. The number of aldehydes is 1. The van der Waals surface area contributed by atoms with Crippen molar-refractivity contribution in [2.24, 2.45) is 0 Å². The number of nitrogens with one attached hydrogen (secondary N) is 1. The van der Waals surface area contributed by atoms with Gasteiger partial charge in [-0.05, 0) is 0 Å². The van der Waals surface area contributed by atoms with E-state index in [0.29, 0.717) is 0 Å². The Bertz CT molecular complexity index is 481. The highest BCUT2D eigenvalue weighted by molar-refractivity contribution is 7.90. The van der Waals surface area contributed by atoms with Gasteiger partial charge in [0, 0.05) is 0 Å². The molecule has 16 heteroatoms. The molecule has 4 atom stereocenters. The molecule has 0 amide bonds. The average molecular weight is 413 g/mol. The van der Waals surface area contributed by atoms with E-state index in [1.807, 2.05) is 0 Å². The van der Waals surface area contributed by atoms with Gasteiger partial charge in [-0.3, -0.25) is 0 Å². The summed E-state index contributed by atoms with van der Waals surface area (Å²) in [5.41, 5.74) is -5.96. The van der Waals surface area contributed by atoms with Crippen LogP contribution in [0.5, 0.6) is 0 Å². The van der Waals surface area contributed by atoms with Gasteiger partial charge in [-0.2, -0.15) is 26.3 Å². The molecular weight excluding hydrogens is 396 g/mol. The molecule has 0 bridgehead atoms. The first-order valence-corrected chi connectivity index (χ1v) is 6.93. The second kappa shape index (κ2) is 10.8. The van der Waals surface area contributed by atoms with Crippen LogP contribution in [0.4, 0.5) is 26.3 Å². The highest BCUT2D eigenvalue weighted by Gasteiger charge is 2.51. The molecule has 154 valence electrons. The molecular formula is C9H17F6NO8S. The fraction of sp³-hybridized carbons (Fsp3) is 0.889. The zero-order chi connectivity index (χ0) is 19.9. The lowest BCUT2D eigenvalue weighted by atomic mass is 10.0. The molecule has 0 rings (SSSR count). The lowest BCUT2D eigenvalue weighted by molar-refractivity contribution is -0.143. The molecule has 0 heterocycles. The zero-order valence-electron chi connectivity index (χ0n) is 11.2. The van der Waals surface area contributed by atoms with E-state index in [9.17, 15) is 39.6 Å². The molecule has 0 saturated heterocycles. The third-order valence-corrected chi connectivity index (χ3v) is 3.08. The van der Waals surface area contributed by atoms with Crippen LogP contribution in [0.3, 0.4) is 0 Å². The summed E-state index contributed by atoms with van der Waals surface area (Å²) in [7, 11) is -6.33. The van der Waals surface area contributed by atoms with Crippen LogP contribution in [0, 0.1) is 0 Å². The molecule has 0 spiro atoms. The summed E-state index contributed by atoms with van der Waals surface area (Å²) in [6, 6.07) is 0. The Morgan fingerprint density at radius 3 is 1.56 bits per heavy atom. The minimum atomic E-state index is -6.33. The van der Waals surface area contributed by atoms with Crippen molar-refractivity contribution in [3.8, 4) is 0 Å². The van der Waals surface area contributed by atoms with Crippen molar-refractivity contribution >= 4 is 16.3 Å². The summed E-state index contributed by atoms with van der Waals surface area (Å²) >= 11 is 0. The summed E-state index contributed by atoms with van der Waals surface area (Å²) in [4.78, 5) is 9.90. The average Bonchev–Trinajstić information content (AvgIpc) is 2.40. The number of aliphatic hydroxyl groups excluding tert-OH is 5. The molecule has 6 N–H and O–H groups in total. The van der Waals surface area contributed by atoms with Gasteiger partial charge in [0.2, 0.25) is 0 Å². The SMILES string of the molecule is C.O=CC(O)C(O)C(O)C(O)CO.O=S(=O)(NC(F)(F)F)C(F)(F)F. The number of carbonyl (C=O) groups excluding carboxylic acids is 1. The predicted octanol–water partition coefficient (Wildman–Crippen LogP) is -1.80. The Balaban J connectivity index is -0.000000372. The number of rotatable bonds is 6. The highest BCUT2D eigenvalue weighted by Crippen LogP contribution is 2.25. The van der Waals surface area contributed by atoms with Crippen LogP contribution in [0.25, 0.3) is 0 Å². The maximum Gasteiger partial charge on any atom is 0.511 e. The minimum absolute atomic E-state index is 0. The molecule has 25 heavy (non-hydrogen) atoms. The fourth-order valence-electron chi connectivity index (χ4n) is 0.828. The molecule has 0 aromatic carbocycles. The van der Waals surface area contributed by atoms with Crippen LogP contribution in [0.1, 0.15) is 7.43 Å². The number of aliphatic hydroxyl groups is 5. The normalized spacial score (nSPS) is 17.2. The molecule has 0 radical (unpaired) electrons. The van der Waals surface area contributed by atoms with E-state index in [4.69, 9.17) is 25.5 Å². The predicted molar refractivity (Wildman–Crippen MR) is 68.1 cm³/mol. The third kappa shape index (κ3) is 11.2. The Hall–Kier alpha value is -1.04. The van der Waals surface area contributed by atoms with E-state index in [1.165, 1.54) is 0 Å². The monoisotopic (exact) mass is 413 g/mol. The van der Waals surface area contributed by atoms with Crippen molar-refractivity contribution < 1.29 is 65.1 Å². The summed E-state index contributed by atoms with van der Waals surface area (Å²) < 4.78 is 85.8. The van der Waals surface area contributed by atoms with Crippen molar-refractivity contribution in [3.63, 3.8) is 0 Å². The zero-order valence-corrected chi connectivity index (χ0v) is 12.0. The Labute approximate surface area is 137 Å². The second-order valence-corrected chi connectivity index (χ2v) is 5.58. The van der Waals surface area contributed by atoms with Gasteiger partial charge in [0.1, 0.15) is 24.4 Å². The van der Waals surface area contributed by atoms with Crippen LogP contribution < -0.4 is 4.72 Å². The molecule has 0 saturated carbocycles. The lowest BCUT2D eigenvalue weighted by Gasteiger charge is -2.22. The maximum atomic E-state index is 11.2. The van der Waals surface area contributed by atoms with E-state index < -0.39 is 57.6 Å². The first-order chi connectivity index (χ1) is 10.5. The van der Waals surface area contributed by atoms with Crippen LogP contribution in [-0.2, 0) is 14.8 Å². The molecule has 0 fully saturated rings. The quantitative estimate of drug-likeness (QED) is 0.169. The fourth-order valence-corrected chi connectivity index (χ4v) is 1.25. The van der Waals surface area contributed by atoms with Crippen LogP contribution in [0.15, 0.2) is 0 Å². The minimum Gasteiger partial charge on any atom is -0.394 e. The number of halogens is 6. The molecule has 0 aliphatic rings. The van der Waals surface area contributed by atoms with Gasteiger partial charge in [-0.1, -0.05) is 7.43 Å². The summed E-state index contributed by atoms with van der Waals surface area (Å²) in [6.07, 6.45) is -12.5. The molecule has 0 aromatic rings. The maximum absolute atomic E-state index is 11.2. The van der Waals surface area contributed by atoms with Gasteiger partial charge in [0.25, 0.3) is 0 Å². The molecule has 4 unspecified atom stereocenters. The number of hydrogen-bond donors (Lipinski definition) is 6. The standard InChI is InChI=1S/C6H12O6.C2HF6NO2S.CH4/c7-1-3(9)5(11)6(12)4(10)2-8;3-1(4,5)9-12(10,11)2(6,7)8;/h1,3-6,8-12H,2H2;9H;1H4. The smallest absolute Gasteiger partial charge is 0.394 e. The summed E-state index contributed by atoms with van der Waals surface area (Å²) in [5.74, 6) is 0. The topological polar surface area (TPSA) is 164 Å². The van der Waals surface area contributed by atoms with E-state index in [0.717, 1.165) is 0 Å². The summed E-state index contributed by atoms with van der Waals surface area (Å²) in [5, 5.41) is 43.5. The first kappa shape index (κ1) is 28.8. The lowest BCUT2D eigenvalue weighted by Crippen LogP contribution is -2.46. The Morgan fingerprint density at radius 1 is 0.960 bits per heavy atom. The molecule has 9 nitrogen and oxygen atoms in total. The number of sulfonamides is 1. The van der Waals surface area contributed by atoms with Gasteiger partial charge >= 0.3 is 21.8 Å². The van der Waals surface area contributed by atoms with Gasteiger partial charge < -0.3 is 30.3 Å². The second-order valence-electron chi connectivity index (χ2n) is 3.91. The van der Waals surface area contributed by atoms with Gasteiger partial charge in [-0.25, -0.2) is 8.42 Å². The highest BCUT2D eigenvalue weighted by atomic mass is 32.2. The third-order valence-electron chi connectivity index (χ3n) is 1.98. The van der Waals surface area contributed by atoms with E-state index in [-0.39, 0.29) is 13.7 Å². The van der Waals surface area contributed by atoms with Crippen LogP contribution >= 0.6 is 0 Å². The van der Waals surface area contributed by atoms with Crippen molar-refractivity contribution in [3.05, 3.63) is 0 Å². The van der Waals surface area contributed by atoms with Crippen molar-refractivity contribution in [1.29, 1.82) is 0 Å². The first-order valence-electron chi connectivity index (χ1n) is 5.45. The van der Waals surface area contributed by atoms with E-state index in [1.54, 1.807) is 0 Å². The Morgan fingerprint density at radius 2 is 1.36 bits per heavy atom. The molecule has 0 aliphatic carbocycles. The Kier molecular flexibility index (Phi) is 12.5. The number of alkyl halides is 6. The van der Waals surface area contributed by atoms with Crippen molar-refractivity contribution in [1.82, 2.24) is 4.72 Å². The van der Waals surface area contributed by atoms with Crippen molar-refractivity contribution in [2.75, 3.05) is 6.61 Å². The van der Waals surface area contributed by atoms with E-state index >= 15 is 0 Å². The number of carbonyl (C=O) groups is 1. The van der Waals surface area contributed by atoms with Crippen molar-refractivity contribution in [2.45, 2.75) is 43.7 Å². The van der Waals surface area contributed by atoms with Gasteiger partial charge in [0.05, 0.1) is 6.61 Å². The van der Waals surface area contributed by atoms with E-state index in [2.05, 4.69) is 0 Å². The van der Waals surface area contributed by atoms with Gasteiger partial charge in [-0.15, -0.1) is 4.72 Å². The number of hydrogen-bond acceptors (Lipinski definition) is 8.